The van der Waals surface area contributed by atoms with Gasteiger partial charge in [0.15, 0.2) is 0 Å². The standard InChI is InChI=1S/C20H17F3N2OS/c1-13-6-8-15(9-7-13)12-25-18(10-14(2)24-25)19(26)27-17-5-3-4-16(11-17)20(21,22)23/h3-11H,12H2,1-2H3. The highest BCUT2D eigenvalue weighted by Crippen LogP contribution is 2.32. The second-order valence-electron chi connectivity index (χ2n) is 6.23. The van der Waals surface area contributed by atoms with E-state index in [1.807, 2.05) is 31.2 Å². The van der Waals surface area contributed by atoms with Gasteiger partial charge < -0.3 is 0 Å². The molecule has 0 unspecified atom stereocenters. The lowest BCUT2D eigenvalue weighted by molar-refractivity contribution is -0.137. The summed E-state index contributed by atoms with van der Waals surface area (Å²) in [6.45, 7) is 4.18. The Balaban J connectivity index is 1.82. The number of carbonyl (C=O) groups is 1. The van der Waals surface area contributed by atoms with Gasteiger partial charge in [-0.25, -0.2) is 0 Å². The van der Waals surface area contributed by atoms with E-state index in [4.69, 9.17) is 0 Å². The monoisotopic (exact) mass is 390 g/mol. The van der Waals surface area contributed by atoms with Crippen LogP contribution in [0.2, 0.25) is 0 Å². The molecular formula is C20H17F3N2OS. The van der Waals surface area contributed by atoms with E-state index in [-0.39, 0.29) is 10.0 Å². The molecule has 0 N–H and O–H groups in total. The summed E-state index contributed by atoms with van der Waals surface area (Å²) in [5.41, 5.74) is 2.38. The van der Waals surface area contributed by atoms with Crippen molar-refractivity contribution >= 4 is 16.9 Å². The third-order valence-corrected chi connectivity index (χ3v) is 4.82. The van der Waals surface area contributed by atoms with Crippen molar-refractivity contribution in [2.75, 3.05) is 0 Å². The van der Waals surface area contributed by atoms with Gasteiger partial charge in [0.25, 0.3) is 0 Å². The number of benzene rings is 2. The molecular weight excluding hydrogens is 373 g/mol. The van der Waals surface area contributed by atoms with Gasteiger partial charge in [-0.05, 0) is 55.4 Å². The van der Waals surface area contributed by atoms with Crippen molar-refractivity contribution in [1.82, 2.24) is 9.78 Å². The molecule has 2 aromatic carbocycles. The summed E-state index contributed by atoms with van der Waals surface area (Å²) >= 11 is 0.768. The van der Waals surface area contributed by atoms with Gasteiger partial charge in [0.2, 0.25) is 5.12 Å². The van der Waals surface area contributed by atoms with Crippen LogP contribution in [0.15, 0.2) is 59.5 Å². The van der Waals surface area contributed by atoms with Crippen molar-refractivity contribution in [2.45, 2.75) is 31.5 Å². The Morgan fingerprint density at radius 1 is 1.07 bits per heavy atom. The summed E-state index contributed by atoms with van der Waals surface area (Å²) in [7, 11) is 0. The van der Waals surface area contributed by atoms with Gasteiger partial charge in [-0.15, -0.1) is 0 Å². The van der Waals surface area contributed by atoms with Crippen molar-refractivity contribution in [3.8, 4) is 0 Å². The first-order chi connectivity index (χ1) is 12.7. The molecule has 3 aromatic rings. The number of rotatable bonds is 4. The fraction of sp³-hybridized carbons (Fsp3) is 0.200. The molecule has 140 valence electrons. The Kier molecular flexibility index (Phi) is 5.41. The maximum Gasteiger partial charge on any atom is 0.416 e. The first-order valence-corrected chi connectivity index (χ1v) is 9.03. The fourth-order valence-corrected chi connectivity index (χ4v) is 3.41. The van der Waals surface area contributed by atoms with Crippen molar-refractivity contribution in [2.24, 2.45) is 0 Å². The number of thioether (sulfide) groups is 1. The number of carbonyl (C=O) groups excluding carboxylic acids is 1. The molecule has 3 rings (SSSR count). The molecule has 0 radical (unpaired) electrons. The Morgan fingerprint density at radius 3 is 2.44 bits per heavy atom. The number of alkyl halides is 3. The molecule has 0 atom stereocenters. The molecule has 7 heteroatoms. The predicted molar refractivity (Wildman–Crippen MR) is 98.9 cm³/mol. The summed E-state index contributed by atoms with van der Waals surface area (Å²) in [6, 6.07) is 14.3. The molecule has 0 aliphatic rings. The average Bonchev–Trinajstić information content (AvgIpc) is 2.97. The van der Waals surface area contributed by atoms with Crippen LogP contribution < -0.4 is 0 Å². The van der Waals surface area contributed by atoms with Gasteiger partial charge in [-0.3, -0.25) is 9.48 Å². The van der Waals surface area contributed by atoms with E-state index in [0.717, 1.165) is 35.0 Å². The molecule has 0 amide bonds. The zero-order chi connectivity index (χ0) is 19.6. The second-order valence-corrected chi connectivity index (χ2v) is 7.28. The van der Waals surface area contributed by atoms with Crippen LogP contribution in [0.4, 0.5) is 13.2 Å². The lowest BCUT2D eigenvalue weighted by Crippen LogP contribution is -2.10. The molecule has 0 aliphatic heterocycles. The Bertz CT molecular complexity index is 962. The van der Waals surface area contributed by atoms with Crippen LogP contribution in [0.3, 0.4) is 0 Å². The molecule has 1 heterocycles. The van der Waals surface area contributed by atoms with Crippen LogP contribution in [-0.2, 0) is 12.7 Å². The molecule has 0 saturated heterocycles. The van der Waals surface area contributed by atoms with Crippen LogP contribution in [0.25, 0.3) is 0 Å². The molecule has 0 aliphatic carbocycles. The Morgan fingerprint density at radius 2 is 1.78 bits per heavy atom. The molecule has 0 spiro atoms. The van der Waals surface area contributed by atoms with Crippen molar-refractivity contribution in [3.63, 3.8) is 0 Å². The third kappa shape index (κ3) is 4.80. The summed E-state index contributed by atoms with van der Waals surface area (Å²) in [5, 5.41) is 4.01. The highest BCUT2D eigenvalue weighted by molar-refractivity contribution is 8.14. The minimum atomic E-state index is -4.44. The lowest BCUT2D eigenvalue weighted by Gasteiger charge is -2.09. The number of aromatic nitrogens is 2. The maximum atomic E-state index is 12.9. The van der Waals surface area contributed by atoms with Gasteiger partial charge in [-0.2, -0.15) is 18.3 Å². The van der Waals surface area contributed by atoms with Crippen molar-refractivity contribution in [1.29, 1.82) is 0 Å². The highest BCUT2D eigenvalue weighted by atomic mass is 32.2. The molecule has 27 heavy (non-hydrogen) atoms. The normalized spacial score (nSPS) is 11.6. The minimum Gasteiger partial charge on any atom is -0.279 e. The van der Waals surface area contributed by atoms with Crippen molar-refractivity contribution in [3.05, 3.63) is 82.7 Å². The van der Waals surface area contributed by atoms with E-state index in [1.165, 1.54) is 12.1 Å². The van der Waals surface area contributed by atoms with Gasteiger partial charge in [0.1, 0.15) is 5.69 Å². The van der Waals surface area contributed by atoms with Gasteiger partial charge in [0, 0.05) is 4.90 Å². The highest BCUT2D eigenvalue weighted by Gasteiger charge is 2.30. The lowest BCUT2D eigenvalue weighted by atomic mass is 10.1. The summed E-state index contributed by atoms with van der Waals surface area (Å²) < 4.78 is 40.2. The number of aryl methyl sites for hydroxylation is 2. The van der Waals surface area contributed by atoms with E-state index in [1.54, 1.807) is 17.7 Å². The Hall–Kier alpha value is -2.54. The zero-order valence-corrected chi connectivity index (χ0v) is 15.6. The first kappa shape index (κ1) is 19.2. The van der Waals surface area contributed by atoms with E-state index >= 15 is 0 Å². The number of nitrogens with zero attached hydrogens (tertiary/aromatic N) is 2. The molecule has 0 fully saturated rings. The third-order valence-electron chi connectivity index (χ3n) is 3.94. The number of halogens is 3. The zero-order valence-electron chi connectivity index (χ0n) is 14.7. The summed E-state index contributed by atoms with van der Waals surface area (Å²) in [5.74, 6) is 0. The van der Waals surface area contributed by atoms with Gasteiger partial charge >= 0.3 is 6.18 Å². The fourth-order valence-electron chi connectivity index (χ4n) is 2.59. The smallest absolute Gasteiger partial charge is 0.279 e. The second kappa shape index (κ2) is 7.60. The van der Waals surface area contributed by atoms with Crippen molar-refractivity contribution < 1.29 is 18.0 Å². The largest absolute Gasteiger partial charge is 0.416 e. The van der Waals surface area contributed by atoms with Crippen LogP contribution in [0.5, 0.6) is 0 Å². The molecule has 1 aromatic heterocycles. The average molecular weight is 390 g/mol. The van der Waals surface area contributed by atoms with E-state index in [2.05, 4.69) is 5.10 Å². The van der Waals surface area contributed by atoms with Crippen LogP contribution in [0, 0.1) is 13.8 Å². The number of hydrogen-bond acceptors (Lipinski definition) is 3. The SMILES string of the molecule is Cc1ccc(Cn2nc(C)cc2C(=O)Sc2cccc(C(F)(F)F)c2)cc1. The molecule has 0 saturated carbocycles. The maximum absolute atomic E-state index is 12.9. The minimum absolute atomic E-state index is 0.246. The van der Waals surface area contributed by atoms with E-state index < -0.39 is 11.7 Å². The van der Waals surface area contributed by atoms with Crippen LogP contribution in [-0.4, -0.2) is 14.9 Å². The van der Waals surface area contributed by atoms with Gasteiger partial charge in [0.05, 0.1) is 17.8 Å². The predicted octanol–water partition coefficient (Wildman–Crippen LogP) is 5.50. The molecule has 0 bridgehead atoms. The summed E-state index contributed by atoms with van der Waals surface area (Å²) in [6.07, 6.45) is -4.44. The van der Waals surface area contributed by atoms with Gasteiger partial charge in [-0.1, -0.05) is 35.9 Å². The van der Waals surface area contributed by atoms with E-state index in [9.17, 15) is 18.0 Å². The quantitative estimate of drug-likeness (QED) is 0.552. The van der Waals surface area contributed by atoms with Crippen LogP contribution in [0.1, 0.15) is 32.9 Å². The van der Waals surface area contributed by atoms with Crippen LogP contribution >= 0.6 is 11.8 Å². The van der Waals surface area contributed by atoms with E-state index in [0.29, 0.717) is 17.9 Å². The Labute approximate surface area is 159 Å². The summed E-state index contributed by atoms with van der Waals surface area (Å²) in [4.78, 5) is 12.9. The topological polar surface area (TPSA) is 34.9 Å². The molecule has 3 nitrogen and oxygen atoms in total. The first-order valence-electron chi connectivity index (χ1n) is 8.22. The number of hydrogen-bond donors (Lipinski definition) is 0.